The quantitative estimate of drug-likeness (QED) is 0.639. The third-order valence-electron chi connectivity index (χ3n) is 6.44. The summed E-state index contributed by atoms with van der Waals surface area (Å²) in [7, 11) is 2.16. The van der Waals surface area contributed by atoms with Crippen molar-refractivity contribution in [3.05, 3.63) is 42.2 Å². The number of likely N-dealkylation sites (N-methyl/N-ethyl adjacent to an activating group) is 1. The summed E-state index contributed by atoms with van der Waals surface area (Å²) in [4.78, 5) is 28.7. The van der Waals surface area contributed by atoms with Gasteiger partial charge in [-0.1, -0.05) is 6.07 Å². The topological polar surface area (TPSA) is 75.0 Å². The molecule has 5 rings (SSSR count). The average molecular weight is 421 g/mol. The lowest BCUT2D eigenvalue weighted by Gasteiger charge is -2.32. The van der Waals surface area contributed by atoms with E-state index in [1.54, 1.807) is 6.26 Å². The van der Waals surface area contributed by atoms with Gasteiger partial charge in [0, 0.05) is 50.1 Å². The summed E-state index contributed by atoms with van der Waals surface area (Å²) < 4.78 is 11.8. The number of fused-ring (bicyclic) bond motifs is 3. The molecule has 2 fully saturated rings. The van der Waals surface area contributed by atoms with E-state index in [-0.39, 0.29) is 17.7 Å². The number of piperidine rings is 1. The number of furan rings is 1. The molecule has 162 valence electrons. The number of ether oxygens (including phenoxy) is 1. The number of imide groups is 1. The van der Waals surface area contributed by atoms with Crippen LogP contribution in [-0.2, 0) is 9.59 Å². The van der Waals surface area contributed by atoms with Crippen LogP contribution in [0.1, 0.15) is 24.3 Å². The van der Waals surface area contributed by atoms with E-state index in [9.17, 15) is 9.59 Å². The van der Waals surface area contributed by atoms with E-state index in [1.165, 1.54) is 0 Å². The Morgan fingerprint density at radius 2 is 1.97 bits per heavy atom. The van der Waals surface area contributed by atoms with Crippen molar-refractivity contribution < 1.29 is 18.7 Å². The molecular formula is C24H27N3O4. The molecule has 3 aromatic rings. The Kier molecular flexibility index (Phi) is 5.38. The molecule has 0 radical (unpaired) electrons. The number of piperazine rings is 1. The standard InChI is InChI=1S/C24H27N3O4/c1-26-8-10-27(11-9-26)12-13-30-17-3-4-18-16(14-17)2-6-21-23(18)20(15-31-21)19-5-7-22(28)25-24(19)29/h2-4,6,14-15,19H,5,7-13H2,1H3,(H,25,28,29)/t19-/m1/s1. The molecule has 7 heteroatoms. The molecular weight excluding hydrogens is 394 g/mol. The molecule has 0 aliphatic carbocycles. The minimum absolute atomic E-state index is 0.211. The first-order valence-corrected chi connectivity index (χ1v) is 10.9. The zero-order chi connectivity index (χ0) is 21.4. The van der Waals surface area contributed by atoms with E-state index in [0.29, 0.717) is 19.4 Å². The fraction of sp³-hybridized carbons (Fsp3) is 0.417. The van der Waals surface area contributed by atoms with Crippen molar-refractivity contribution in [3.8, 4) is 5.75 Å². The third kappa shape index (κ3) is 4.03. The van der Waals surface area contributed by atoms with Crippen LogP contribution in [0.15, 0.2) is 41.0 Å². The fourth-order valence-corrected chi connectivity index (χ4v) is 4.57. The molecule has 0 spiro atoms. The monoisotopic (exact) mass is 421 g/mol. The summed E-state index contributed by atoms with van der Waals surface area (Å²) in [5.74, 6) is 0.00757. The van der Waals surface area contributed by atoms with Crippen LogP contribution >= 0.6 is 0 Å². The first kappa shape index (κ1) is 20.0. The molecule has 2 amide bonds. The van der Waals surface area contributed by atoms with Crippen molar-refractivity contribution in [1.82, 2.24) is 15.1 Å². The molecule has 0 saturated carbocycles. The first-order chi connectivity index (χ1) is 15.1. The van der Waals surface area contributed by atoms with E-state index in [4.69, 9.17) is 9.15 Å². The lowest BCUT2D eigenvalue weighted by Crippen LogP contribution is -2.45. The molecule has 3 heterocycles. The lowest BCUT2D eigenvalue weighted by molar-refractivity contribution is -0.134. The van der Waals surface area contributed by atoms with Crippen molar-refractivity contribution in [2.24, 2.45) is 0 Å². The van der Waals surface area contributed by atoms with E-state index in [0.717, 1.165) is 65.8 Å². The molecule has 0 unspecified atom stereocenters. The van der Waals surface area contributed by atoms with Gasteiger partial charge in [0.25, 0.3) is 0 Å². The van der Waals surface area contributed by atoms with Crippen LogP contribution in [0.4, 0.5) is 0 Å². The smallest absolute Gasteiger partial charge is 0.234 e. The minimum atomic E-state index is -0.371. The Balaban J connectivity index is 1.35. The molecule has 2 aliphatic heterocycles. The minimum Gasteiger partial charge on any atom is -0.492 e. The number of hydrogen-bond donors (Lipinski definition) is 1. The Labute approximate surface area is 180 Å². The molecule has 1 N–H and O–H groups in total. The van der Waals surface area contributed by atoms with Crippen LogP contribution in [0.2, 0.25) is 0 Å². The van der Waals surface area contributed by atoms with Crippen molar-refractivity contribution in [2.45, 2.75) is 18.8 Å². The molecule has 0 bridgehead atoms. The average Bonchev–Trinajstić information content (AvgIpc) is 3.19. The summed E-state index contributed by atoms with van der Waals surface area (Å²) in [5.41, 5.74) is 1.59. The van der Waals surface area contributed by atoms with Gasteiger partial charge in [-0.15, -0.1) is 0 Å². The zero-order valence-corrected chi connectivity index (χ0v) is 17.7. The summed E-state index contributed by atoms with van der Waals surface area (Å²) in [6, 6.07) is 10.0. The second-order valence-electron chi connectivity index (χ2n) is 8.51. The van der Waals surface area contributed by atoms with E-state index in [2.05, 4.69) is 22.2 Å². The maximum Gasteiger partial charge on any atom is 0.234 e. The number of benzene rings is 2. The first-order valence-electron chi connectivity index (χ1n) is 10.9. The molecule has 31 heavy (non-hydrogen) atoms. The number of nitrogens with one attached hydrogen (secondary N) is 1. The van der Waals surface area contributed by atoms with Gasteiger partial charge in [0.1, 0.15) is 17.9 Å². The van der Waals surface area contributed by atoms with Crippen LogP contribution < -0.4 is 10.1 Å². The van der Waals surface area contributed by atoms with Crippen molar-refractivity contribution in [3.63, 3.8) is 0 Å². The Morgan fingerprint density at radius 1 is 1.13 bits per heavy atom. The zero-order valence-electron chi connectivity index (χ0n) is 17.7. The predicted octanol–water partition coefficient (Wildman–Crippen LogP) is 2.73. The third-order valence-corrected chi connectivity index (χ3v) is 6.44. The number of carbonyl (C=O) groups excluding carboxylic acids is 2. The number of amides is 2. The van der Waals surface area contributed by atoms with Gasteiger partial charge in [0.05, 0.1) is 12.2 Å². The summed E-state index contributed by atoms with van der Waals surface area (Å²) in [6.45, 7) is 5.95. The molecule has 1 aromatic heterocycles. The van der Waals surface area contributed by atoms with Crippen molar-refractivity contribution in [2.75, 3.05) is 46.4 Å². The van der Waals surface area contributed by atoms with Gasteiger partial charge in [0.15, 0.2) is 0 Å². The highest BCUT2D eigenvalue weighted by Crippen LogP contribution is 2.37. The van der Waals surface area contributed by atoms with Crippen molar-refractivity contribution >= 4 is 33.6 Å². The van der Waals surface area contributed by atoms with E-state index in [1.807, 2.05) is 30.3 Å². The highest BCUT2D eigenvalue weighted by molar-refractivity contribution is 6.10. The van der Waals surface area contributed by atoms with Gasteiger partial charge >= 0.3 is 0 Å². The van der Waals surface area contributed by atoms with E-state index < -0.39 is 0 Å². The van der Waals surface area contributed by atoms with Crippen LogP contribution in [0.25, 0.3) is 21.7 Å². The summed E-state index contributed by atoms with van der Waals surface area (Å²) in [6.07, 6.45) is 2.51. The molecule has 7 nitrogen and oxygen atoms in total. The summed E-state index contributed by atoms with van der Waals surface area (Å²) in [5, 5.41) is 5.45. The molecule has 2 aromatic carbocycles. The van der Waals surface area contributed by atoms with Gasteiger partial charge in [-0.3, -0.25) is 19.8 Å². The lowest BCUT2D eigenvalue weighted by atomic mass is 9.89. The maximum atomic E-state index is 12.4. The molecule has 2 saturated heterocycles. The normalized spacial score (nSPS) is 21.0. The van der Waals surface area contributed by atoms with Gasteiger partial charge in [0.2, 0.25) is 11.8 Å². The number of hydrogen-bond acceptors (Lipinski definition) is 6. The van der Waals surface area contributed by atoms with Crippen LogP contribution in [-0.4, -0.2) is 68.0 Å². The van der Waals surface area contributed by atoms with Gasteiger partial charge in [-0.25, -0.2) is 0 Å². The highest BCUT2D eigenvalue weighted by atomic mass is 16.5. The maximum absolute atomic E-state index is 12.4. The number of carbonyl (C=O) groups is 2. The SMILES string of the molecule is CN1CCN(CCOc2ccc3c(ccc4occ([C@H]5CCC(=O)NC5=O)c43)c2)CC1. The van der Waals surface area contributed by atoms with Crippen LogP contribution in [0.5, 0.6) is 5.75 Å². The van der Waals surface area contributed by atoms with Gasteiger partial charge in [-0.2, -0.15) is 0 Å². The Bertz CT molecular complexity index is 1130. The Hall–Kier alpha value is -2.90. The van der Waals surface area contributed by atoms with Crippen LogP contribution in [0, 0.1) is 0 Å². The predicted molar refractivity (Wildman–Crippen MR) is 118 cm³/mol. The highest BCUT2D eigenvalue weighted by Gasteiger charge is 2.31. The second kappa shape index (κ2) is 8.32. The van der Waals surface area contributed by atoms with Gasteiger partial charge < -0.3 is 14.1 Å². The Morgan fingerprint density at radius 3 is 2.77 bits per heavy atom. The summed E-state index contributed by atoms with van der Waals surface area (Å²) >= 11 is 0. The number of nitrogens with zero attached hydrogens (tertiary/aromatic N) is 2. The van der Waals surface area contributed by atoms with Gasteiger partial charge in [-0.05, 0) is 48.5 Å². The molecule has 2 aliphatic rings. The van der Waals surface area contributed by atoms with Crippen molar-refractivity contribution in [1.29, 1.82) is 0 Å². The number of rotatable bonds is 5. The molecule has 1 atom stereocenters. The van der Waals surface area contributed by atoms with Crippen LogP contribution in [0.3, 0.4) is 0 Å². The van der Waals surface area contributed by atoms with E-state index >= 15 is 0 Å². The fourth-order valence-electron chi connectivity index (χ4n) is 4.57. The largest absolute Gasteiger partial charge is 0.492 e. The second-order valence-corrected chi connectivity index (χ2v) is 8.51.